The Balaban J connectivity index is 2.23. The summed E-state index contributed by atoms with van der Waals surface area (Å²) in [5.41, 5.74) is 0.195. The van der Waals surface area contributed by atoms with Crippen molar-refractivity contribution in [2.45, 2.75) is 26.1 Å². The average molecular weight is 280 g/mol. The second-order valence-corrected chi connectivity index (χ2v) is 4.87. The third-order valence-corrected chi connectivity index (χ3v) is 3.11. The van der Waals surface area contributed by atoms with Gasteiger partial charge in [-0.1, -0.05) is 0 Å². The highest BCUT2D eigenvalue weighted by Crippen LogP contribution is 2.13. The molecule has 20 heavy (non-hydrogen) atoms. The number of hydrogen-bond acceptors (Lipinski definition) is 4. The molecule has 0 aliphatic carbocycles. The van der Waals surface area contributed by atoms with Gasteiger partial charge in [0, 0.05) is 12.2 Å². The minimum Gasteiger partial charge on any atom is -0.479 e. The second-order valence-electron chi connectivity index (χ2n) is 4.87. The van der Waals surface area contributed by atoms with Crippen LogP contribution >= 0.6 is 0 Å². The number of aliphatic carboxylic acids is 1. The summed E-state index contributed by atoms with van der Waals surface area (Å²) in [5, 5.41) is 8.99. The molecule has 0 bridgehead atoms. The predicted molar refractivity (Wildman–Crippen MR) is 69.7 cm³/mol. The average Bonchev–Trinajstić information content (AvgIpc) is 2.37. The van der Waals surface area contributed by atoms with Crippen LogP contribution in [0.3, 0.4) is 0 Å². The molecule has 1 saturated heterocycles. The Labute approximate surface area is 115 Å². The Kier molecular flexibility index (Phi) is 3.89. The van der Waals surface area contributed by atoms with Crippen LogP contribution < -0.4 is 5.56 Å². The minimum absolute atomic E-state index is 0.00818. The molecule has 1 aliphatic heterocycles. The molecule has 0 saturated carbocycles. The molecule has 1 aromatic rings. The van der Waals surface area contributed by atoms with E-state index in [4.69, 9.17) is 9.84 Å². The van der Waals surface area contributed by atoms with Crippen LogP contribution in [0.1, 0.15) is 23.0 Å². The van der Waals surface area contributed by atoms with Crippen molar-refractivity contribution in [2.75, 3.05) is 13.1 Å². The van der Waals surface area contributed by atoms with E-state index >= 15 is 0 Å². The number of aryl methyl sites for hydroxylation is 1. The number of aromatic amines is 1. The number of hydrogen-bond donors (Lipinski definition) is 2. The topological polar surface area (TPSA) is 99.7 Å². The first kappa shape index (κ1) is 14.3. The van der Waals surface area contributed by atoms with Crippen molar-refractivity contribution in [3.63, 3.8) is 0 Å². The monoisotopic (exact) mass is 280 g/mol. The van der Waals surface area contributed by atoms with E-state index in [1.807, 2.05) is 0 Å². The highest BCUT2D eigenvalue weighted by atomic mass is 16.5. The molecule has 1 fully saturated rings. The molecule has 7 heteroatoms. The molecule has 1 aliphatic rings. The largest absolute Gasteiger partial charge is 0.479 e. The number of nitrogens with one attached hydrogen (secondary N) is 1. The molecule has 1 amide bonds. The van der Waals surface area contributed by atoms with E-state index in [0.29, 0.717) is 5.69 Å². The molecular weight excluding hydrogens is 264 g/mol. The van der Waals surface area contributed by atoms with Gasteiger partial charge in [0.2, 0.25) is 0 Å². The third kappa shape index (κ3) is 2.88. The zero-order chi connectivity index (χ0) is 14.9. The first-order valence-electron chi connectivity index (χ1n) is 6.26. The molecular formula is C13H16N2O5. The molecule has 0 spiro atoms. The maximum absolute atomic E-state index is 12.3. The van der Waals surface area contributed by atoms with Gasteiger partial charge in [0.15, 0.2) is 6.10 Å². The Bertz CT molecular complexity index is 595. The smallest absolute Gasteiger partial charge is 0.334 e. The fourth-order valence-electron chi connectivity index (χ4n) is 2.16. The molecule has 1 aromatic heterocycles. The summed E-state index contributed by atoms with van der Waals surface area (Å²) in [6.07, 6.45) is -1.45. The molecule has 2 heterocycles. The highest BCUT2D eigenvalue weighted by Gasteiger charge is 2.33. The van der Waals surface area contributed by atoms with Crippen LogP contribution in [-0.2, 0) is 9.53 Å². The summed E-state index contributed by atoms with van der Waals surface area (Å²) >= 11 is 0. The SMILES string of the molecule is Cc1ccc(C(=O)N2CC(C(=O)O)O[C@H](C)C2)c(=O)[nH]1. The lowest BCUT2D eigenvalue weighted by atomic mass is 10.1. The van der Waals surface area contributed by atoms with Gasteiger partial charge in [0.1, 0.15) is 5.56 Å². The normalized spacial score (nSPS) is 22.6. The van der Waals surface area contributed by atoms with Crippen LogP contribution in [0.4, 0.5) is 0 Å². The number of H-pyrrole nitrogens is 1. The number of amides is 1. The highest BCUT2D eigenvalue weighted by molar-refractivity contribution is 5.94. The number of carbonyl (C=O) groups excluding carboxylic acids is 1. The van der Waals surface area contributed by atoms with Gasteiger partial charge in [-0.2, -0.15) is 0 Å². The maximum atomic E-state index is 12.3. The molecule has 0 radical (unpaired) electrons. The first-order chi connectivity index (χ1) is 9.38. The third-order valence-electron chi connectivity index (χ3n) is 3.11. The van der Waals surface area contributed by atoms with E-state index in [-0.39, 0.29) is 18.7 Å². The Morgan fingerprint density at radius 3 is 2.70 bits per heavy atom. The standard InChI is InChI=1S/C13H16N2O5/c1-7-3-4-9(11(16)14-7)12(17)15-5-8(2)20-10(6-15)13(18)19/h3-4,8,10H,5-6H2,1-2H3,(H,14,16)(H,18,19)/t8-,10?/m1/s1. The summed E-state index contributed by atoms with van der Waals surface area (Å²) in [7, 11) is 0. The summed E-state index contributed by atoms with van der Waals surface area (Å²) < 4.78 is 5.23. The fraction of sp³-hybridized carbons (Fsp3) is 0.462. The predicted octanol–water partition coefficient (Wildman–Crippen LogP) is -0.00258. The summed E-state index contributed by atoms with van der Waals surface area (Å²) in [5.74, 6) is -1.60. The van der Waals surface area contributed by atoms with E-state index in [0.717, 1.165) is 0 Å². The van der Waals surface area contributed by atoms with E-state index in [9.17, 15) is 14.4 Å². The van der Waals surface area contributed by atoms with Gasteiger partial charge in [-0.25, -0.2) is 4.79 Å². The van der Waals surface area contributed by atoms with E-state index in [1.165, 1.54) is 11.0 Å². The lowest BCUT2D eigenvalue weighted by molar-refractivity contribution is -0.160. The molecule has 2 N–H and O–H groups in total. The van der Waals surface area contributed by atoms with Gasteiger partial charge < -0.3 is 19.7 Å². The molecule has 2 rings (SSSR count). The van der Waals surface area contributed by atoms with Crippen molar-refractivity contribution < 1.29 is 19.4 Å². The van der Waals surface area contributed by atoms with Crippen molar-refractivity contribution in [3.05, 3.63) is 33.7 Å². The quantitative estimate of drug-likeness (QED) is 0.794. The molecule has 108 valence electrons. The second kappa shape index (κ2) is 5.46. The molecule has 2 atom stereocenters. The number of morpholine rings is 1. The lowest BCUT2D eigenvalue weighted by Gasteiger charge is -2.34. The Hall–Kier alpha value is -2.15. The van der Waals surface area contributed by atoms with Gasteiger partial charge in [-0.05, 0) is 26.0 Å². The number of nitrogens with zero attached hydrogens (tertiary/aromatic N) is 1. The maximum Gasteiger partial charge on any atom is 0.334 e. The number of aromatic nitrogens is 1. The van der Waals surface area contributed by atoms with Crippen molar-refractivity contribution in [3.8, 4) is 0 Å². The zero-order valence-electron chi connectivity index (χ0n) is 11.3. The van der Waals surface area contributed by atoms with Crippen LogP contribution in [0, 0.1) is 6.92 Å². The summed E-state index contributed by atoms with van der Waals surface area (Å²) in [6, 6.07) is 3.08. The summed E-state index contributed by atoms with van der Waals surface area (Å²) in [6.45, 7) is 3.60. The molecule has 0 aromatic carbocycles. The van der Waals surface area contributed by atoms with Crippen LogP contribution in [0.2, 0.25) is 0 Å². The lowest BCUT2D eigenvalue weighted by Crippen LogP contribution is -2.52. The van der Waals surface area contributed by atoms with Crippen LogP contribution in [0.5, 0.6) is 0 Å². The number of rotatable bonds is 2. The Morgan fingerprint density at radius 1 is 1.40 bits per heavy atom. The van der Waals surface area contributed by atoms with Crippen molar-refractivity contribution in [2.24, 2.45) is 0 Å². The van der Waals surface area contributed by atoms with Crippen molar-refractivity contribution >= 4 is 11.9 Å². The van der Waals surface area contributed by atoms with Gasteiger partial charge in [0.05, 0.1) is 12.6 Å². The number of carboxylic acids is 1. The zero-order valence-corrected chi connectivity index (χ0v) is 11.3. The fourth-order valence-corrected chi connectivity index (χ4v) is 2.16. The van der Waals surface area contributed by atoms with E-state index in [2.05, 4.69) is 4.98 Å². The van der Waals surface area contributed by atoms with Crippen LogP contribution in [0.15, 0.2) is 16.9 Å². The molecule has 1 unspecified atom stereocenters. The Morgan fingerprint density at radius 2 is 2.10 bits per heavy atom. The summed E-state index contributed by atoms with van der Waals surface area (Å²) in [4.78, 5) is 39.0. The number of pyridine rings is 1. The van der Waals surface area contributed by atoms with Crippen LogP contribution in [-0.4, -0.2) is 52.2 Å². The van der Waals surface area contributed by atoms with E-state index in [1.54, 1.807) is 19.9 Å². The van der Waals surface area contributed by atoms with Gasteiger partial charge in [0.25, 0.3) is 11.5 Å². The van der Waals surface area contributed by atoms with Gasteiger partial charge >= 0.3 is 5.97 Å². The number of ether oxygens (including phenoxy) is 1. The van der Waals surface area contributed by atoms with Gasteiger partial charge in [-0.3, -0.25) is 9.59 Å². The van der Waals surface area contributed by atoms with Gasteiger partial charge in [-0.15, -0.1) is 0 Å². The van der Waals surface area contributed by atoms with Crippen molar-refractivity contribution in [1.29, 1.82) is 0 Å². The van der Waals surface area contributed by atoms with E-state index < -0.39 is 29.6 Å². The number of carbonyl (C=O) groups is 2. The number of carboxylic acid groups (broad SMARTS) is 1. The first-order valence-corrected chi connectivity index (χ1v) is 6.26. The minimum atomic E-state index is -1.12. The van der Waals surface area contributed by atoms with Crippen LogP contribution in [0.25, 0.3) is 0 Å². The molecule has 7 nitrogen and oxygen atoms in total. The van der Waals surface area contributed by atoms with Crippen molar-refractivity contribution in [1.82, 2.24) is 9.88 Å².